The number of hydrogen-bond donors (Lipinski definition) is 0. The fourth-order valence-electron chi connectivity index (χ4n) is 10.2. The number of anilines is 4. The van der Waals surface area contributed by atoms with Crippen molar-refractivity contribution < 1.29 is 25.8 Å². The number of hydrogen-bond acceptors (Lipinski definition) is 4. The van der Waals surface area contributed by atoms with E-state index in [9.17, 15) is 0 Å². The minimum atomic E-state index is -0.387. The van der Waals surface area contributed by atoms with E-state index in [1.165, 1.54) is 33.4 Å². The van der Waals surface area contributed by atoms with Gasteiger partial charge in [-0.1, -0.05) is 198 Å². The molecule has 9 aromatic rings. The van der Waals surface area contributed by atoms with E-state index >= 15 is 0 Å². The zero-order valence-electron chi connectivity index (χ0n) is 44.2. The first kappa shape index (κ1) is 50.5. The maximum absolute atomic E-state index is 7.21. The third-order valence-electron chi connectivity index (χ3n) is 14.7. The Morgan fingerprint density at radius 3 is 1.62 bits per heavy atom. The Morgan fingerprint density at radius 2 is 1.01 bits per heavy atom. The standard InChI is InChI=1S/C66H67N4O.Pt/c1-62(2,3)46-32-33-67-60(39-46)70-56-29-21-20-28-54(56)61-55(64(7,8)9)41-53(42-59(61)70)71-52-38-49(66(12,13)45-26-18-15-19-27-45)37-51(40-52)69-43-68(57-30-22-23-31-58(57)69)50-35-47(63(4,5)6)34-48(36-50)65(10,11)44-24-16-14-17-25-44;/h14-39,41,43H,1-13H3;/q-3;. The molecule has 2 aromatic heterocycles. The van der Waals surface area contributed by atoms with Crippen LogP contribution in [0.2, 0.25) is 0 Å². The van der Waals surface area contributed by atoms with Gasteiger partial charge in [0.1, 0.15) is 5.82 Å². The molecule has 0 unspecified atom stereocenters. The molecular weight excluding hydrogens is 1060 g/mol. The van der Waals surface area contributed by atoms with Crippen molar-refractivity contribution in [2.24, 2.45) is 0 Å². The van der Waals surface area contributed by atoms with Crippen molar-refractivity contribution in [3.05, 3.63) is 222 Å². The third-order valence-corrected chi connectivity index (χ3v) is 14.7. The van der Waals surface area contributed by atoms with Crippen LogP contribution < -0.4 is 14.5 Å². The van der Waals surface area contributed by atoms with E-state index in [-0.39, 0.29) is 48.1 Å². The molecule has 6 heteroatoms. The van der Waals surface area contributed by atoms with Gasteiger partial charge in [-0.2, -0.15) is 0 Å². The normalized spacial score (nSPS) is 13.4. The first-order chi connectivity index (χ1) is 33.6. The molecule has 0 fully saturated rings. The van der Waals surface area contributed by atoms with E-state index in [0.717, 1.165) is 55.9 Å². The summed E-state index contributed by atoms with van der Waals surface area (Å²) in [6.45, 7) is 32.0. The summed E-state index contributed by atoms with van der Waals surface area (Å²) in [4.78, 5) is 9.62. The Hall–Kier alpha value is -6.42. The van der Waals surface area contributed by atoms with Crippen LogP contribution in [0.5, 0.6) is 11.5 Å². The molecule has 0 radical (unpaired) electrons. The first-order valence-corrected chi connectivity index (χ1v) is 25.1. The number of benzene rings is 7. The maximum Gasteiger partial charge on any atom is 0.135 e. The minimum Gasteiger partial charge on any atom is -0.509 e. The van der Waals surface area contributed by atoms with Gasteiger partial charge in [0.05, 0.1) is 0 Å². The van der Waals surface area contributed by atoms with Crippen LogP contribution in [0.25, 0.3) is 27.6 Å². The third kappa shape index (κ3) is 9.30. The molecular formula is C66H67N4OPt-3. The molecule has 0 bridgehead atoms. The van der Waals surface area contributed by atoms with Gasteiger partial charge in [0.2, 0.25) is 0 Å². The second-order valence-electron chi connectivity index (χ2n) is 23.6. The van der Waals surface area contributed by atoms with E-state index < -0.39 is 0 Å². The predicted octanol–water partition coefficient (Wildman–Crippen LogP) is 17.5. The second-order valence-corrected chi connectivity index (χ2v) is 23.6. The van der Waals surface area contributed by atoms with Gasteiger partial charge in [0.25, 0.3) is 0 Å². The molecule has 0 saturated heterocycles. The molecule has 0 atom stereocenters. The van der Waals surface area contributed by atoms with E-state index in [0.29, 0.717) is 11.5 Å². The number of nitrogens with zero attached hydrogens (tertiary/aromatic N) is 4. The number of aromatic nitrogens is 2. The molecule has 3 heterocycles. The molecule has 0 spiro atoms. The van der Waals surface area contributed by atoms with E-state index in [4.69, 9.17) is 9.72 Å². The Balaban J connectivity index is 0.00000640. The van der Waals surface area contributed by atoms with Gasteiger partial charge in [-0.15, -0.1) is 53.8 Å². The van der Waals surface area contributed by atoms with Crippen LogP contribution in [0.1, 0.15) is 129 Å². The van der Waals surface area contributed by atoms with Crippen molar-refractivity contribution in [2.45, 2.75) is 117 Å². The van der Waals surface area contributed by atoms with Crippen LogP contribution in [0.4, 0.5) is 22.7 Å². The summed E-state index contributed by atoms with van der Waals surface area (Å²) < 4.78 is 9.47. The molecule has 5 nitrogen and oxygen atoms in total. The van der Waals surface area contributed by atoms with Gasteiger partial charge in [0.15, 0.2) is 0 Å². The van der Waals surface area contributed by atoms with Crippen LogP contribution >= 0.6 is 0 Å². The maximum atomic E-state index is 7.21. The molecule has 1 aliphatic rings. The van der Waals surface area contributed by atoms with Gasteiger partial charge < -0.3 is 19.1 Å². The van der Waals surface area contributed by atoms with Crippen molar-refractivity contribution in [3.8, 4) is 17.3 Å². The largest absolute Gasteiger partial charge is 0.509 e. The second kappa shape index (κ2) is 18.6. The molecule has 0 saturated carbocycles. The van der Waals surface area contributed by atoms with Crippen molar-refractivity contribution in [1.29, 1.82) is 0 Å². The smallest absolute Gasteiger partial charge is 0.135 e. The van der Waals surface area contributed by atoms with Gasteiger partial charge in [-0.3, -0.25) is 0 Å². The number of rotatable bonds is 9. The zero-order chi connectivity index (χ0) is 50.3. The number of fused-ring (bicyclic) bond motifs is 4. The molecule has 0 N–H and O–H groups in total. The summed E-state index contributed by atoms with van der Waals surface area (Å²) in [5, 5.41) is 2.32. The monoisotopic (exact) mass is 1130 g/mol. The topological polar surface area (TPSA) is 33.5 Å². The molecule has 7 aromatic carbocycles. The molecule has 370 valence electrons. The van der Waals surface area contributed by atoms with Gasteiger partial charge in [-0.05, 0) is 97.3 Å². The summed E-state index contributed by atoms with van der Waals surface area (Å²) >= 11 is 0. The summed E-state index contributed by atoms with van der Waals surface area (Å²) in [7, 11) is 0. The average Bonchev–Trinajstić information content (AvgIpc) is 3.90. The van der Waals surface area contributed by atoms with E-state index in [1.54, 1.807) is 0 Å². The first-order valence-electron chi connectivity index (χ1n) is 25.1. The van der Waals surface area contributed by atoms with Crippen molar-refractivity contribution in [3.63, 3.8) is 0 Å². The molecule has 10 rings (SSSR count). The summed E-state index contributed by atoms with van der Waals surface area (Å²) in [6, 6.07) is 64.7. The van der Waals surface area contributed by atoms with Crippen molar-refractivity contribution in [1.82, 2.24) is 9.55 Å². The van der Waals surface area contributed by atoms with E-state index in [1.807, 2.05) is 6.20 Å². The zero-order valence-corrected chi connectivity index (χ0v) is 46.5. The summed E-state index contributed by atoms with van der Waals surface area (Å²) in [6.07, 6.45) is 1.93. The van der Waals surface area contributed by atoms with Crippen molar-refractivity contribution >= 4 is 44.6 Å². The fourth-order valence-corrected chi connectivity index (χ4v) is 10.2. The Kier molecular flexibility index (Phi) is 13.0. The van der Waals surface area contributed by atoms with Gasteiger partial charge in [0, 0.05) is 66.8 Å². The Bertz CT molecular complexity index is 3440. The average molecular weight is 1130 g/mol. The van der Waals surface area contributed by atoms with Crippen LogP contribution in [0, 0.1) is 18.8 Å². The predicted molar refractivity (Wildman–Crippen MR) is 297 cm³/mol. The molecule has 72 heavy (non-hydrogen) atoms. The fraction of sp³-hybridized carbons (Fsp3) is 0.273. The Labute approximate surface area is 443 Å². The van der Waals surface area contributed by atoms with Crippen LogP contribution in [0.3, 0.4) is 0 Å². The number of para-hydroxylation sites is 3. The van der Waals surface area contributed by atoms with E-state index in [2.05, 4.69) is 281 Å². The summed E-state index contributed by atoms with van der Waals surface area (Å²) in [5.74, 6) is 2.09. The van der Waals surface area contributed by atoms with Crippen LogP contribution in [-0.4, -0.2) is 9.55 Å². The van der Waals surface area contributed by atoms with Crippen LogP contribution in [0.15, 0.2) is 164 Å². The summed E-state index contributed by atoms with van der Waals surface area (Å²) in [5.41, 5.74) is 13.7. The minimum absolute atomic E-state index is 0. The quantitative estimate of drug-likeness (QED) is 0.135. The van der Waals surface area contributed by atoms with Crippen LogP contribution in [-0.2, 0) is 48.1 Å². The number of ether oxygens (including phenoxy) is 1. The molecule has 0 amide bonds. The van der Waals surface area contributed by atoms with Gasteiger partial charge in [-0.25, -0.2) is 4.98 Å². The number of pyridine rings is 1. The molecule has 0 aliphatic carbocycles. The molecule has 1 aliphatic heterocycles. The van der Waals surface area contributed by atoms with Crippen molar-refractivity contribution in [2.75, 3.05) is 9.80 Å². The SMILES string of the molecule is CC(C)(C)c1cc(N2[CH-]N(c3[c-]c(Oc4[c-]c5c(c(C(C)(C)C)c4)c4ccccc4n5-c4cc(C(C)(C)C)ccn4)cc(C(C)(C)c4ccccc4)c3)c3ccccc32)cc(C(C)(C)c2ccccc2)c1.[Pt]. The Morgan fingerprint density at radius 1 is 0.472 bits per heavy atom. The van der Waals surface area contributed by atoms with Gasteiger partial charge >= 0.3 is 0 Å².